The third kappa shape index (κ3) is 4.61. The van der Waals surface area contributed by atoms with Crippen LogP contribution < -0.4 is 15.4 Å². The summed E-state index contributed by atoms with van der Waals surface area (Å²) in [6, 6.07) is 20.8. The first-order valence-electron chi connectivity index (χ1n) is 9.11. The van der Waals surface area contributed by atoms with Crippen LogP contribution in [0.2, 0.25) is 0 Å². The molecule has 4 rings (SSSR count). The number of fused-ring (bicyclic) bond motifs is 1. The minimum Gasteiger partial charge on any atom is -0.489 e. The maximum atomic E-state index is 13.3. The standard InChI is InChI=1S/C22H17FN4O2S/c23-16-8-11-18-19(12-16)26-27-20(18)24-22(30)25-21(28)15-6-9-17(10-7-15)29-13-14-4-2-1-3-5-14/h1-12H,13H2,(H3,24,25,26,27,28,30). The molecule has 0 fully saturated rings. The molecule has 3 aromatic carbocycles. The molecule has 4 aromatic rings. The highest BCUT2D eigenvalue weighted by atomic mass is 32.1. The molecule has 3 N–H and O–H groups in total. The van der Waals surface area contributed by atoms with E-state index >= 15 is 0 Å². The quantitative estimate of drug-likeness (QED) is 0.417. The molecule has 0 atom stereocenters. The van der Waals surface area contributed by atoms with Gasteiger partial charge in [-0.15, -0.1) is 0 Å². The first-order chi connectivity index (χ1) is 14.6. The van der Waals surface area contributed by atoms with Gasteiger partial charge in [-0.2, -0.15) is 5.10 Å². The van der Waals surface area contributed by atoms with E-state index in [9.17, 15) is 9.18 Å². The van der Waals surface area contributed by atoms with Crippen LogP contribution in [0.15, 0.2) is 72.8 Å². The number of H-pyrrole nitrogens is 1. The van der Waals surface area contributed by atoms with Crippen LogP contribution in [0.5, 0.6) is 5.75 Å². The van der Waals surface area contributed by atoms with Crippen LogP contribution in [0.1, 0.15) is 15.9 Å². The summed E-state index contributed by atoms with van der Waals surface area (Å²) in [6.45, 7) is 0.446. The molecule has 0 aliphatic rings. The Hall–Kier alpha value is -3.78. The third-order valence-electron chi connectivity index (χ3n) is 4.35. The summed E-state index contributed by atoms with van der Waals surface area (Å²) in [4.78, 5) is 12.4. The summed E-state index contributed by atoms with van der Waals surface area (Å²) in [7, 11) is 0. The minimum atomic E-state index is -0.371. The van der Waals surface area contributed by atoms with Gasteiger partial charge in [0.25, 0.3) is 5.91 Å². The number of nitrogens with one attached hydrogen (secondary N) is 3. The van der Waals surface area contributed by atoms with E-state index < -0.39 is 0 Å². The largest absolute Gasteiger partial charge is 0.489 e. The summed E-state index contributed by atoms with van der Waals surface area (Å²) in [5.74, 6) is 0.323. The van der Waals surface area contributed by atoms with Crippen molar-refractivity contribution < 1.29 is 13.9 Å². The third-order valence-corrected chi connectivity index (χ3v) is 4.55. The lowest BCUT2D eigenvalue weighted by atomic mass is 10.2. The fourth-order valence-corrected chi connectivity index (χ4v) is 3.03. The monoisotopic (exact) mass is 420 g/mol. The Labute approximate surface area is 177 Å². The average molecular weight is 420 g/mol. The van der Waals surface area contributed by atoms with Crippen molar-refractivity contribution in [1.82, 2.24) is 15.5 Å². The fourth-order valence-electron chi connectivity index (χ4n) is 2.84. The van der Waals surface area contributed by atoms with E-state index in [1.165, 1.54) is 12.1 Å². The number of carbonyl (C=O) groups excluding carboxylic acids is 1. The van der Waals surface area contributed by atoms with Gasteiger partial charge >= 0.3 is 0 Å². The summed E-state index contributed by atoms with van der Waals surface area (Å²) < 4.78 is 19.0. The number of nitrogens with zero attached hydrogens (tertiary/aromatic N) is 1. The highest BCUT2D eigenvalue weighted by Gasteiger charge is 2.11. The second-order valence-corrected chi connectivity index (χ2v) is 6.88. The molecule has 0 aliphatic heterocycles. The van der Waals surface area contributed by atoms with E-state index in [4.69, 9.17) is 17.0 Å². The molecule has 1 heterocycles. The normalized spacial score (nSPS) is 10.6. The Morgan fingerprint density at radius 1 is 1.07 bits per heavy atom. The molecular formula is C22H17FN4O2S. The van der Waals surface area contributed by atoms with E-state index in [1.54, 1.807) is 30.3 Å². The van der Waals surface area contributed by atoms with Gasteiger partial charge < -0.3 is 10.1 Å². The van der Waals surface area contributed by atoms with Crippen molar-refractivity contribution in [2.24, 2.45) is 0 Å². The highest BCUT2D eigenvalue weighted by molar-refractivity contribution is 7.80. The zero-order valence-corrected chi connectivity index (χ0v) is 16.5. The molecule has 1 aromatic heterocycles. The number of carbonyl (C=O) groups is 1. The summed E-state index contributed by atoms with van der Waals surface area (Å²) in [5.41, 5.74) is 2.02. The van der Waals surface area contributed by atoms with Gasteiger partial charge in [0.1, 0.15) is 18.2 Å². The van der Waals surface area contributed by atoms with Crippen molar-refractivity contribution in [3.05, 3.63) is 89.7 Å². The number of anilines is 1. The topological polar surface area (TPSA) is 79.0 Å². The molecule has 0 bridgehead atoms. The number of hydrogen-bond donors (Lipinski definition) is 3. The first kappa shape index (κ1) is 19.5. The number of halogens is 1. The number of thiocarbonyl (C=S) groups is 1. The molecule has 150 valence electrons. The Morgan fingerprint density at radius 2 is 1.83 bits per heavy atom. The van der Waals surface area contributed by atoms with Crippen molar-refractivity contribution in [1.29, 1.82) is 0 Å². The number of aromatic nitrogens is 2. The summed E-state index contributed by atoms with van der Waals surface area (Å²) in [5, 5.41) is 13.0. The second kappa shape index (κ2) is 8.71. The Kier molecular flexibility index (Phi) is 5.67. The van der Waals surface area contributed by atoms with E-state index in [0.29, 0.717) is 34.6 Å². The molecule has 0 unspecified atom stereocenters. The van der Waals surface area contributed by atoms with E-state index in [2.05, 4.69) is 20.8 Å². The van der Waals surface area contributed by atoms with Crippen molar-refractivity contribution in [3.8, 4) is 5.75 Å². The van der Waals surface area contributed by atoms with Crippen LogP contribution in [0.3, 0.4) is 0 Å². The molecule has 6 nitrogen and oxygen atoms in total. The predicted molar refractivity (Wildman–Crippen MR) is 117 cm³/mol. The molecule has 0 spiro atoms. The van der Waals surface area contributed by atoms with Crippen molar-refractivity contribution in [2.75, 3.05) is 5.32 Å². The van der Waals surface area contributed by atoms with Gasteiger partial charge in [-0.25, -0.2) is 4.39 Å². The number of benzene rings is 3. The predicted octanol–water partition coefficient (Wildman–Crippen LogP) is 4.41. The number of ether oxygens (including phenoxy) is 1. The van der Waals surface area contributed by atoms with Gasteiger partial charge in [0.2, 0.25) is 0 Å². The van der Waals surface area contributed by atoms with E-state index in [0.717, 1.165) is 5.56 Å². The molecule has 1 amide bonds. The molecule has 0 saturated heterocycles. The van der Waals surface area contributed by atoms with Gasteiger partial charge in [0.15, 0.2) is 10.9 Å². The van der Waals surface area contributed by atoms with Crippen LogP contribution in [-0.4, -0.2) is 21.2 Å². The van der Waals surface area contributed by atoms with Crippen LogP contribution >= 0.6 is 12.2 Å². The second-order valence-electron chi connectivity index (χ2n) is 6.47. The number of rotatable bonds is 5. The average Bonchev–Trinajstić information content (AvgIpc) is 3.14. The zero-order chi connectivity index (χ0) is 20.9. The van der Waals surface area contributed by atoms with Crippen molar-refractivity contribution in [3.63, 3.8) is 0 Å². The lowest BCUT2D eigenvalue weighted by molar-refractivity contribution is 0.0977. The highest BCUT2D eigenvalue weighted by Crippen LogP contribution is 2.21. The maximum absolute atomic E-state index is 13.3. The Morgan fingerprint density at radius 3 is 2.60 bits per heavy atom. The zero-order valence-electron chi connectivity index (χ0n) is 15.7. The SMILES string of the molecule is O=C(NC(=S)Nc1n[nH]c2cc(F)ccc12)c1ccc(OCc2ccccc2)cc1. The number of hydrogen-bond acceptors (Lipinski definition) is 4. The van der Waals surface area contributed by atoms with Crippen LogP contribution in [-0.2, 0) is 6.61 Å². The van der Waals surface area contributed by atoms with Crippen LogP contribution in [0.25, 0.3) is 10.9 Å². The summed E-state index contributed by atoms with van der Waals surface area (Å²) in [6.07, 6.45) is 0. The molecule has 0 saturated carbocycles. The fraction of sp³-hybridized carbons (Fsp3) is 0.0455. The van der Waals surface area contributed by atoms with E-state index in [1.807, 2.05) is 30.3 Å². The maximum Gasteiger partial charge on any atom is 0.257 e. The Bertz CT molecular complexity index is 1190. The summed E-state index contributed by atoms with van der Waals surface area (Å²) >= 11 is 5.19. The number of aromatic amines is 1. The van der Waals surface area contributed by atoms with Gasteiger partial charge in [-0.1, -0.05) is 30.3 Å². The molecule has 8 heteroatoms. The molecule has 30 heavy (non-hydrogen) atoms. The van der Waals surface area contributed by atoms with Gasteiger partial charge in [0.05, 0.1) is 5.52 Å². The van der Waals surface area contributed by atoms with Gasteiger partial charge in [0, 0.05) is 10.9 Å². The number of amides is 1. The first-order valence-corrected chi connectivity index (χ1v) is 9.52. The van der Waals surface area contributed by atoms with Gasteiger partial charge in [-0.05, 0) is 60.2 Å². The smallest absolute Gasteiger partial charge is 0.257 e. The molecule has 0 radical (unpaired) electrons. The molecular weight excluding hydrogens is 403 g/mol. The minimum absolute atomic E-state index is 0.0853. The van der Waals surface area contributed by atoms with Gasteiger partial charge in [-0.3, -0.25) is 15.2 Å². The molecule has 0 aliphatic carbocycles. The van der Waals surface area contributed by atoms with Crippen molar-refractivity contribution >= 4 is 40.0 Å². The van der Waals surface area contributed by atoms with Crippen molar-refractivity contribution in [2.45, 2.75) is 6.61 Å². The lowest BCUT2D eigenvalue weighted by Crippen LogP contribution is -2.34. The Balaban J connectivity index is 1.34. The van der Waals surface area contributed by atoms with Crippen LogP contribution in [0.4, 0.5) is 10.2 Å². The lowest BCUT2D eigenvalue weighted by Gasteiger charge is -2.09. The van der Waals surface area contributed by atoms with E-state index in [-0.39, 0.29) is 16.8 Å². The van der Waals surface area contributed by atoms with Crippen LogP contribution in [0, 0.1) is 5.82 Å².